The molecule has 0 aliphatic rings. The Hall–Kier alpha value is -0.659. The Balaban J connectivity index is 0.000000403. The fourth-order valence-electron chi connectivity index (χ4n) is 1.35. The Morgan fingerprint density at radius 2 is 1.00 bits per heavy atom. The quantitative estimate of drug-likeness (QED) is 0.305. The minimum absolute atomic E-state index is 0. The van der Waals surface area contributed by atoms with E-state index in [0.29, 0.717) is 11.4 Å². The van der Waals surface area contributed by atoms with Gasteiger partial charge in [-0.2, -0.15) is 16.8 Å². The van der Waals surface area contributed by atoms with Crippen molar-refractivity contribution in [1.29, 1.82) is 0 Å². The van der Waals surface area contributed by atoms with Crippen LogP contribution in [-0.2, 0) is 20.2 Å². The second kappa shape index (κ2) is 8.99. The van der Waals surface area contributed by atoms with Crippen molar-refractivity contribution < 1.29 is 25.9 Å². The summed E-state index contributed by atoms with van der Waals surface area (Å²) in [5, 5.41) is 0. The Morgan fingerprint density at radius 1 is 0.696 bits per heavy atom. The molecule has 122 valence electrons. The van der Waals surface area contributed by atoms with E-state index in [4.69, 9.17) is 20.6 Å². The molecule has 0 spiro atoms. The van der Waals surface area contributed by atoms with E-state index in [0.717, 1.165) is 0 Å². The minimum Gasteiger partial charge on any atom is -0.399 e. The van der Waals surface area contributed by atoms with Gasteiger partial charge in [0.1, 0.15) is 0 Å². The molecular formula is C12H14N2O6S2Sr. The number of anilines is 2. The van der Waals surface area contributed by atoms with Crippen molar-refractivity contribution in [3.63, 3.8) is 0 Å². The summed E-state index contributed by atoms with van der Waals surface area (Å²) in [6, 6.07) is 10.9. The predicted molar refractivity (Wildman–Crippen MR) is 87.1 cm³/mol. The van der Waals surface area contributed by atoms with Gasteiger partial charge in [-0.1, -0.05) is 12.1 Å². The van der Waals surface area contributed by atoms with Crippen molar-refractivity contribution >= 4 is 77.1 Å². The van der Waals surface area contributed by atoms with E-state index < -0.39 is 20.2 Å². The summed E-state index contributed by atoms with van der Waals surface area (Å²) in [7, 11) is -8.21. The molecule has 2 aromatic carbocycles. The van der Waals surface area contributed by atoms with Crippen LogP contribution >= 0.6 is 0 Å². The first-order valence-electron chi connectivity index (χ1n) is 5.66. The van der Waals surface area contributed by atoms with Gasteiger partial charge in [-0.05, 0) is 36.4 Å². The first-order valence-corrected chi connectivity index (χ1v) is 8.54. The molecule has 0 unspecified atom stereocenters. The van der Waals surface area contributed by atoms with Crippen LogP contribution in [0.15, 0.2) is 58.3 Å². The fraction of sp³-hybridized carbons (Fsp3) is 0. The van der Waals surface area contributed by atoms with E-state index in [9.17, 15) is 16.8 Å². The molecule has 0 aromatic heterocycles. The van der Waals surface area contributed by atoms with Crippen molar-refractivity contribution in [1.82, 2.24) is 0 Å². The largest absolute Gasteiger partial charge is 0.399 e. The molecule has 0 amide bonds. The molecule has 2 radical (unpaired) electrons. The van der Waals surface area contributed by atoms with Crippen LogP contribution in [-0.4, -0.2) is 71.4 Å². The SMILES string of the molecule is Nc1cccc(S(=O)(=O)O)c1.Nc1cccc(S(=O)(=O)O)c1.[Sr]. The smallest absolute Gasteiger partial charge is 0.294 e. The normalized spacial score (nSPS) is 10.9. The summed E-state index contributed by atoms with van der Waals surface area (Å²) in [5.74, 6) is 0. The van der Waals surface area contributed by atoms with Crippen molar-refractivity contribution in [3.05, 3.63) is 48.5 Å². The molecule has 0 aliphatic heterocycles. The van der Waals surface area contributed by atoms with Crippen LogP contribution in [0.5, 0.6) is 0 Å². The monoisotopic (exact) mass is 434 g/mol. The third-order valence-electron chi connectivity index (χ3n) is 2.31. The maximum atomic E-state index is 10.5. The molecule has 2 aromatic rings. The van der Waals surface area contributed by atoms with Gasteiger partial charge >= 0.3 is 0 Å². The maximum Gasteiger partial charge on any atom is 0.294 e. The van der Waals surface area contributed by atoms with Gasteiger partial charge in [0.2, 0.25) is 0 Å². The average Bonchev–Trinajstić information content (AvgIpc) is 2.37. The Bertz CT molecular complexity index is 795. The standard InChI is InChI=1S/2C6H7NO3S.Sr/c2*7-5-2-1-3-6(4-5)11(8,9)10;/h2*1-4H,7H2,(H,8,9,10);. The molecule has 23 heavy (non-hydrogen) atoms. The Morgan fingerprint density at radius 3 is 1.17 bits per heavy atom. The van der Waals surface area contributed by atoms with Crippen LogP contribution in [0.2, 0.25) is 0 Å². The first-order chi connectivity index (χ1) is 10.00. The van der Waals surface area contributed by atoms with Gasteiger partial charge in [0, 0.05) is 56.9 Å². The number of hydrogen-bond donors (Lipinski definition) is 4. The zero-order chi connectivity index (χ0) is 17.0. The molecule has 0 saturated heterocycles. The summed E-state index contributed by atoms with van der Waals surface area (Å²) in [6.07, 6.45) is 0. The van der Waals surface area contributed by atoms with Crippen LogP contribution in [0, 0.1) is 0 Å². The van der Waals surface area contributed by atoms with Gasteiger partial charge in [-0.15, -0.1) is 0 Å². The number of nitrogen functional groups attached to an aromatic ring is 2. The topological polar surface area (TPSA) is 161 Å². The van der Waals surface area contributed by atoms with E-state index in [-0.39, 0.29) is 55.3 Å². The summed E-state index contributed by atoms with van der Waals surface area (Å²) in [4.78, 5) is -0.366. The van der Waals surface area contributed by atoms with Crippen molar-refractivity contribution in [2.45, 2.75) is 9.79 Å². The van der Waals surface area contributed by atoms with E-state index in [1.165, 1.54) is 48.5 Å². The zero-order valence-corrected chi connectivity index (χ0v) is 16.9. The van der Waals surface area contributed by atoms with E-state index in [1.807, 2.05) is 0 Å². The molecule has 11 heteroatoms. The van der Waals surface area contributed by atoms with Gasteiger partial charge < -0.3 is 11.5 Å². The van der Waals surface area contributed by atoms with Crippen molar-refractivity contribution in [2.75, 3.05) is 11.5 Å². The fourth-order valence-corrected chi connectivity index (χ4v) is 2.42. The van der Waals surface area contributed by atoms with Crippen LogP contribution in [0.3, 0.4) is 0 Å². The minimum atomic E-state index is -4.11. The van der Waals surface area contributed by atoms with Gasteiger partial charge in [0.05, 0.1) is 9.79 Å². The molecule has 0 aliphatic carbocycles. The molecule has 8 nitrogen and oxygen atoms in total. The third-order valence-corrected chi connectivity index (χ3v) is 4.01. The molecule has 2 rings (SSSR count). The molecule has 0 fully saturated rings. The second-order valence-electron chi connectivity index (χ2n) is 4.10. The van der Waals surface area contributed by atoms with Crippen LogP contribution in [0.4, 0.5) is 11.4 Å². The molecular weight excluding hydrogens is 420 g/mol. The van der Waals surface area contributed by atoms with Crippen molar-refractivity contribution in [3.8, 4) is 0 Å². The Labute approximate surface area is 171 Å². The zero-order valence-electron chi connectivity index (χ0n) is 11.8. The van der Waals surface area contributed by atoms with E-state index in [2.05, 4.69) is 0 Å². The number of benzene rings is 2. The Kier molecular flexibility index (Phi) is 8.73. The van der Waals surface area contributed by atoms with Crippen LogP contribution in [0.1, 0.15) is 0 Å². The van der Waals surface area contributed by atoms with E-state index in [1.54, 1.807) is 0 Å². The summed E-state index contributed by atoms with van der Waals surface area (Å²) < 4.78 is 59.0. The van der Waals surface area contributed by atoms with Gasteiger partial charge in [-0.25, -0.2) is 0 Å². The summed E-state index contributed by atoms with van der Waals surface area (Å²) in [6.45, 7) is 0. The summed E-state index contributed by atoms with van der Waals surface area (Å²) in [5.41, 5.74) is 11.2. The van der Waals surface area contributed by atoms with Gasteiger partial charge in [0.25, 0.3) is 20.2 Å². The maximum absolute atomic E-state index is 10.5. The molecule has 6 N–H and O–H groups in total. The van der Waals surface area contributed by atoms with Crippen LogP contribution < -0.4 is 11.5 Å². The van der Waals surface area contributed by atoms with Gasteiger partial charge in [-0.3, -0.25) is 9.11 Å². The number of hydrogen-bond acceptors (Lipinski definition) is 6. The average molecular weight is 434 g/mol. The predicted octanol–water partition coefficient (Wildman–Crippen LogP) is 0.650. The third kappa shape index (κ3) is 8.13. The first kappa shape index (κ1) is 22.3. The number of nitrogens with two attached hydrogens (primary N) is 2. The van der Waals surface area contributed by atoms with E-state index >= 15 is 0 Å². The molecule has 0 heterocycles. The van der Waals surface area contributed by atoms with Gasteiger partial charge in [0.15, 0.2) is 0 Å². The van der Waals surface area contributed by atoms with Crippen LogP contribution in [0.25, 0.3) is 0 Å². The summed E-state index contributed by atoms with van der Waals surface area (Å²) >= 11 is 0. The molecule has 0 saturated carbocycles. The second-order valence-corrected chi connectivity index (χ2v) is 6.94. The van der Waals surface area contributed by atoms with Crippen molar-refractivity contribution in [2.24, 2.45) is 0 Å². The number of rotatable bonds is 2. The molecule has 0 bridgehead atoms. The molecule has 0 atom stereocenters.